The summed E-state index contributed by atoms with van der Waals surface area (Å²) in [6, 6.07) is 5.77. The minimum Gasteiger partial charge on any atom is -0.378 e. The van der Waals surface area contributed by atoms with Gasteiger partial charge in [0.25, 0.3) is 0 Å². The highest BCUT2D eigenvalue weighted by Gasteiger charge is 2.29. The molecule has 2 aromatic rings. The quantitative estimate of drug-likeness (QED) is 0.773. The number of benzene rings is 1. The molecule has 152 valence electrons. The first-order valence-corrected chi connectivity index (χ1v) is 10.3. The van der Waals surface area contributed by atoms with Crippen LogP contribution in [0.15, 0.2) is 18.2 Å². The average molecular weight is 406 g/mol. The van der Waals surface area contributed by atoms with Crippen molar-refractivity contribution < 1.29 is 9.53 Å². The second-order valence-corrected chi connectivity index (χ2v) is 8.08. The Hall–Kier alpha value is -1.67. The fourth-order valence-electron chi connectivity index (χ4n) is 4.08. The highest BCUT2D eigenvalue weighted by Crippen LogP contribution is 2.21. The topological polar surface area (TPSA) is 53.8 Å². The van der Waals surface area contributed by atoms with Gasteiger partial charge in [0.05, 0.1) is 36.8 Å². The first kappa shape index (κ1) is 19.6. The molecule has 2 saturated heterocycles. The van der Waals surface area contributed by atoms with Gasteiger partial charge >= 0.3 is 0 Å². The van der Waals surface area contributed by atoms with E-state index in [0.29, 0.717) is 31.3 Å². The summed E-state index contributed by atoms with van der Waals surface area (Å²) in [4.78, 5) is 24.1. The Morgan fingerprint density at radius 2 is 1.89 bits per heavy atom. The monoisotopic (exact) mass is 405 g/mol. The number of halogens is 1. The molecule has 8 heteroatoms. The van der Waals surface area contributed by atoms with Crippen molar-refractivity contribution in [2.75, 3.05) is 52.5 Å². The van der Waals surface area contributed by atoms with Gasteiger partial charge in [0.2, 0.25) is 5.91 Å². The lowest BCUT2D eigenvalue weighted by molar-refractivity contribution is -0.141. The molecule has 7 nitrogen and oxygen atoms in total. The van der Waals surface area contributed by atoms with Crippen molar-refractivity contribution in [1.29, 1.82) is 0 Å². The summed E-state index contributed by atoms with van der Waals surface area (Å²) in [6.07, 6.45) is 0. The van der Waals surface area contributed by atoms with Crippen LogP contribution in [-0.2, 0) is 23.1 Å². The highest BCUT2D eigenvalue weighted by molar-refractivity contribution is 6.31. The predicted molar refractivity (Wildman–Crippen MR) is 109 cm³/mol. The molecule has 0 aliphatic carbocycles. The number of imidazole rings is 1. The smallest absolute Gasteiger partial charge is 0.239 e. The summed E-state index contributed by atoms with van der Waals surface area (Å²) in [7, 11) is 2.05. The number of nitrogens with zero attached hydrogens (tertiary/aromatic N) is 5. The van der Waals surface area contributed by atoms with Crippen molar-refractivity contribution in [2.24, 2.45) is 7.05 Å². The van der Waals surface area contributed by atoms with Crippen LogP contribution in [0.2, 0.25) is 5.02 Å². The second kappa shape index (κ2) is 8.37. The molecule has 0 saturated carbocycles. The molecule has 0 N–H and O–H groups in total. The van der Waals surface area contributed by atoms with Crippen LogP contribution in [0, 0.1) is 0 Å². The van der Waals surface area contributed by atoms with E-state index in [1.54, 1.807) is 0 Å². The van der Waals surface area contributed by atoms with Crippen molar-refractivity contribution in [3.63, 3.8) is 0 Å². The number of aromatic nitrogens is 2. The molecule has 1 aromatic heterocycles. The van der Waals surface area contributed by atoms with Gasteiger partial charge in [-0.05, 0) is 25.1 Å². The van der Waals surface area contributed by atoms with Crippen LogP contribution in [0.3, 0.4) is 0 Å². The molecule has 1 unspecified atom stereocenters. The van der Waals surface area contributed by atoms with Gasteiger partial charge in [0, 0.05) is 51.3 Å². The summed E-state index contributed by atoms with van der Waals surface area (Å²) in [5.41, 5.74) is 2.04. The normalized spacial score (nSPS) is 20.6. The summed E-state index contributed by atoms with van der Waals surface area (Å²) in [5.74, 6) is 1.27. The minimum atomic E-state index is -0.0712. The third kappa shape index (κ3) is 4.03. The maximum Gasteiger partial charge on any atom is 0.239 e. The highest BCUT2D eigenvalue weighted by atomic mass is 35.5. The standard InChI is InChI=1S/C20H28ClN5O2/c1-15(20(27)26-9-11-28-12-10-26)25-7-5-24(6-8-25)14-19-22-17-13-16(21)3-4-18(17)23(19)2/h3-4,13,15H,5-12,14H2,1-2H3. The Morgan fingerprint density at radius 1 is 1.18 bits per heavy atom. The SMILES string of the molecule is CC(C(=O)N1CCOCC1)N1CCN(Cc2nc3cc(Cl)ccc3n2C)CC1. The van der Waals surface area contributed by atoms with E-state index < -0.39 is 0 Å². The number of rotatable bonds is 4. The lowest BCUT2D eigenvalue weighted by Crippen LogP contribution is -2.55. The third-order valence-electron chi connectivity index (χ3n) is 5.94. The fourth-order valence-corrected chi connectivity index (χ4v) is 4.24. The van der Waals surface area contributed by atoms with Crippen molar-refractivity contribution in [3.8, 4) is 0 Å². The van der Waals surface area contributed by atoms with E-state index in [0.717, 1.165) is 49.6 Å². The van der Waals surface area contributed by atoms with Crippen LogP contribution >= 0.6 is 11.6 Å². The van der Waals surface area contributed by atoms with Gasteiger partial charge in [-0.2, -0.15) is 0 Å². The molecule has 1 atom stereocenters. The van der Waals surface area contributed by atoms with Gasteiger partial charge in [-0.25, -0.2) is 4.98 Å². The number of fused-ring (bicyclic) bond motifs is 1. The fraction of sp³-hybridized carbons (Fsp3) is 0.600. The largest absolute Gasteiger partial charge is 0.378 e. The zero-order valence-electron chi connectivity index (χ0n) is 16.6. The van der Waals surface area contributed by atoms with Crippen LogP contribution in [0.5, 0.6) is 0 Å². The lowest BCUT2D eigenvalue weighted by atomic mass is 10.2. The molecular weight excluding hydrogens is 378 g/mol. The van der Waals surface area contributed by atoms with Crippen molar-refractivity contribution in [1.82, 2.24) is 24.3 Å². The number of carbonyl (C=O) groups is 1. The van der Waals surface area contributed by atoms with Crippen molar-refractivity contribution >= 4 is 28.5 Å². The van der Waals surface area contributed by atoms with E-state index in [4.69, 9.17) is 21.3 Å². The maximum atomic E-state index is 12.7. The summed E-state index contributed by atoms with van der Waals surface area (Å²) in [5, 5.41) is 0.713. The van der Waals surface area contributed by atoms with E-state index in [-0.39, 0.29) is 11.9 Å². The lowest BCUT2D eigenvalue weighted by Gasteiger charge is -2.39. The summed E-state index contributed by atoms with van der Waals surface area (Å²) < 4.78 is 7.50. The van der Waals surface area contributed by atoms with Gasteiger partial charge in [-0.15, -0.1) is 0 Å². The van der Waals surface area contributed by atoms with Crippen LogP contribution < -0.4 is 0 Å². The van der Waals surface area contributed by atoms with Gasteiger partial charge in [-0.3, -0.25) is 14.6 Å². The van der Waals surface area contributed by atoms with Gasteiger partial charge < -0.3 is 14.2 Å². The van der Waals surface area contributed by atoms with E-state index in [1.807, 2.05) is 30.0 Å². The molecule has 1 aromatic carbocycles. The molecule has 2 fully saturated rings. The number of piperazine rings is 1. The second-order valence-electron chi connectivity index (χ2n) is 7.65. The zero-order chi connectivity index (χ0) is 19.7. The number of hydrogen-bond acceptors (Lipinski definition) is 5. The first-order valence-electron chi connectivity index (χ1n) is 9.97. The number of amides is 1. The van der Waals surface area contributed by atoms with Crippen molar-refractivity contribution in [2.45, 2.75) is 19.5 Å². The molecular formula is C20H28ClN5O2. The number of hydrogen-bond donors (Lipinski definition) is 0. The molecule has 28 heavy (non-hydrogen) atoms. The Balaban J connectivity index is 1.34. The van der Waals surface area contributed by atoms with E-state index >= 15 is 0 Å². The molecule has 3 heterocycles. The molecule has 2 aliphatic heterocycles. The number of ether oxygens (including phenoxy) is 1. The van der Waals surface area contributed by atoms with Crippen LogP contribution in [-0.4, -0.2) is 88.7 Å². The van der Waals surface area contributed by atoms with Gasteiger partial charge in [0.15, 0.2) is 0 Å². The number of aryl methyl sites for hydroxylation is 1. The molecule has 1 amide bonds. The van der Waals surface area contributed by atoms with Crippen LogP contribution in [0.1, 0.15) is 12.7 Å². The summed E-state index contributed by atoms with van der Waals surface area (Å²) in [6.45, 7) is 9.21. The molecule has 0 spiro atoms. The van der Waals surface area contributed by atoms with Crippen molar-refractivity contribution in [3.05, 3.63) is 29.0 Å². The average Bonchev–Trinajstić information content (AvgIpc) is 3.02. The molecule has 0 radical (unpaired) electrons. The van der Waals surface area contributed by atoms with Gasteiger partial charge in [-0.1, -0.05) is 11.6 Å². The first-order chi connectivity index (χ1) is 13.5. The molecule has 2 aliphatic rings. The zero-order valence-corrected chi connectivity index (χ0v) is 17.4. The Kier molecular flexibility index (Phi) is 5.87. The molecule has 4 rings (SSSR count). The maximum absolute atomic E-state index is 12.7. The third-order valence-corrected chi connectivity index (χ3v) is 6.17. The Morgan fingerprint density at radius 3 is 2.61 bits per heavy atom. The predicted octanol–water partition coefficient (Wildman–Crippen LogP) is 1.59. The number of carbonyl (C=O) groups excluding carboxylic acids is 1. The van der Waals surface area contributed by atoms with E-state index in [2.05, 4.69) is 21.4 Å². The van der Waals surface area contributed by atoms with E-state index in [9.17, 15) is 4.79 Å². The summed E-state index contributed by atoms with van der Waals surface area (Å²) >= 11 is 6.10. The Bertz CT molecular complexity index is 840. The Labute approximate surface area is 170 Å². The van der Waals surface area contributed by atoms with Crippen LogP contribution in [0.4, 0.5) is 0 Å². The minimum absolute atomic E-state index is 0.0712. The molecule has 0 bridgehead atoms. The van der Waals surface area contributed by atoms with Gasteiger partial charge in [0.1, 0.15) is 5.82 Å². The van der Waals surface area contributed by atoms with Crippen LogP contribution in [0.25, 0.3) is 11.0 Å². The number of morpholine rings is 1. The van der Waals surface area contributed by atoms with E-state index in [1.165, 1.54) is 0 Å².